The van der Waals surface area contributed by atoms with Crippen molar-refractivity contribution in [3.8, 4) is 0 Å². The first-order chi connectivity index (χ1) is 14.8. The molecule has 0 atom stereocenters. The number of piperazine rings is 1. The molecule has 3 heterocycles. The van der Waals surface area contributed by atoms with Crippen molar-refractivity contribution in [2.24, 2.45) is 4.99 Å². The minimum atomic E-state index is 0.823. The Morgan fingerprint density at radius 1 is 1.00 bits per heavy atom. The maximum Gasteiger partial charge on any atom is 0.194 e. The molecule has 0 amide bonds. The summed E-state index contributed by atoms with van der Waals surface area (Å²) in [6, 6.07) is 10.7. The molecule has 7 nitrogen and oxygen atoms in total. The second-order valence-electron chi connectivity index (χ2n) is 8.14. The largest absolute Gasteiger partial charge is 0.368 e. The highest BCUT2D eigenvalue weighted by molar-refractivity contribution is 5.80. The lowest BCUT2D eigenvalue weighted by Crippen LogP contribution is -2.52. The lowest BCUT2D eigenvalue weighted by molar-refractivity contribution is 0.372. The first-order valence-electron chi connectivity index (χ1n) is 11.6. The van der Waals surface area contributed by atoms with Gasteiger partial charge in [-0.2, -0.15) is 0 Å². The zero-order chi connectivity index (χ0) is 20.6. The Bertz CT molecular complexity index is 806. The van der Waals surface area contributed by atoms with Crippen LogP contribution >= 0.6 is 0 Å². The third-order valence-corrected chi connectivity index (χ3v) is 6.04. The minimum absolute atomic E-state index is 0.823. The smallest absolute Gasteiger partial charge is 0.194 e. The van der Waals surface area contributed by atoms with E-state index < -0.39 is 0 Å². The van der Waals surface area contributed by atoms with Crippen molar-refractivity contribution in [1.29, 1.82) is 0 Å². The van der Waals surface area contributed by atoms with Crippen LogP contribution in [0.5, 0.6) is 0 Å². The zero-order valence-electron chi connectivity index (χ0n) is 18.3. The van der Waals surface area contributed by atoms with Gasteiger partial charge in [0.05, 0.1) is 0 Å². The van der Waals surface area contributed by atoms with Crippen LogP contribution in [0.1, 0.15) is 44.3 Å². The number of aliphatic imine (C=N–C) groups is 1. The summed E-state index contributed by atoms with van der Waals surface area (Å²) in [4.78, 5) is 9.77. The van der Waals surface area contributed by atoms with Crippen LogP contribution in [0.15, 0.2) is 35.3 Å². The van der Waals surface area contributed by atoms with Crippen LogP contribution in [-0.4, -0.2) is 64.9 Å². The molecule has 162 valence electrons. The summed E-state index contributed by atoms with van der Waals surface area (Å²) in [5.74, 6) is 3.37. The highest BCUT2D eigenvalue weighted by Gasteiger charge is 2.20. The fourth-order valence-electron chi connectivity index (χ4n) is 4.39. The molecule has 2 aromatic rings. The normalized spacial score (nSPS) is 17.6. The molecule has 7 heteroatoms. The molecule has 1 aromatic carbocycles. The van der Waals surface area contributed by atoms with Gasteiger partial charge < -0.3 is 19.7 Å². The molecule has 0 aliphatic carbocycles. The number of hydrogen-bond donors (Lipinski definition) is 1. The van der Waals surface area contributed by atoms with Gasteiger partial charge in [-0.15, -0.1) is 10.2 Å². The fraction of sp³-hybridized carbons (Fsp3) is 0.609. The minimum Gasteiger partial charge on any atom is -0.368 e. The van der Waals surface area contributed by atoms with E-state index in [0.717, 1.165) is 76.9 Å². The topological polar surface area (TPSA) is 61.6 Å². The standard InChI is InChI=1S/C23H35N7/c1-2-24-23(29-18-16-28(17-19-29)20-10-5-3-6-11-20)25-14-9-13-22-27-26-21-12-7-4-8-15-30(21)22/h3,5-6,10-11H,2,4,7-9,12-19H2,1H3,(H,24,25). The monoisotopic (exact) mass is 409 g/mol. The number of nitrogens with zero attached hydrogens (tertiary/aromatic N) is 6. The number of anilines is 1. The number of benzene rings is 1. The highest BCUT2D eigenvalue weighted by Crippen LogP contribution is 2.16. The summed E-state index contributed by atoms with van der Waals surface area (Å²) >= 11 is 0. The van der Waals surface area contributed by atoms with E-state index in [0.29, 0.717) is 0 Å². The second kappa shape index (κ2) is 10.5. The summed E-state index contributed by atoms with van der Waals surface area (Å²) in [7, 11) is 0. The molecule has 2 aliphatic rings. The maximum absolute atomic E-state index is 4.92. The molecule has 1 saturated heterocycles. The quantitative estimate of drug-likeness (QED) is 0.452. The fourth-order valence-corrected chi connectivity index (χ4v) is 4.39. The van der Waals surface area contributed by atoms with E-state index in [1.165, 1.54) is 30.8 Å². The molecular formula is C23H35N7. The summed E-state index contributed by atoms with van der Waals surface area (Å²) < 4.78 is 2.35. The van der Waals surface area contributed by atoms with Crippen molar-refractivity contribution < 1.29 is 0 Å². The molecule has 0 bridgehead atoms. The van der Waals surface area contributed by atoms with E-state index in [2.05, 4.69) is 67.1 Å². The first-order valence-corrected chi connectivity index (χ1v) is 11.6. The van der Waals surface area contributed by atoms with Gasteiger partial charge in [0.1, 0.15) is 11.6 Å². The number of guanidine groups is 1. The highest BCUT2D eigenvalue weighted by atomic mass is 15.3. The van der Waals surface area contributed by atoms with Crippen LogP contribution in [0.2, 0.25) is 0 Å². The predicted octanol–water partition coefficient (Wildman–Crippen LogP) is 2.72. The van der Waals surface area contributed by atoms with Gasteiger partial charge in [0.15, 0.2) is 5.96 Å². The van der Waals surface area contributed by atoms with E-state index >= 15 is 0 Å². The number of rotatable bonds is 6. The van der Waals surface area contributed by atoms with Crippen LogP contribution in [-0.2, 0) is 19.4 Å². The Balaban J connectivity index is 1.29. The third-order valence-electron chi connectivity index (χ3n) is 6.04. The molecule has 0 unspecified atom stereocenters. The van der Waals surface area contributed by atoms with Crippen LogP contribution in [0.4, 0.5) is 5.69 Å². The van der Waals surface area contributed by atoms with E-state index in [4.69, 9.17) is 4.99 Å². The van der Waals surface area contributed by atoms with Crippen LogP contribution in [0, 0.1) is 0 Å². The number of aryl methyl sites for hydroxylation is 2. The van der Waals surface area contributed by atoms with Gasteiger partial charge in [-0.05, 0) is 38.3 Å². The first kappa shape index (κ1) is 20.7. The lowest BCUT2D eigenvalue weighted by atomic mass is 10.2. The molecule has 0 radical (unpaired) electrons. The number of nitrogens with one attached hydrogen (secondary N) is 1. The molecule has 1 fully saturated rings. The number of hydrogen-bond acceptors (Lipinski definition) is 4. The Hall–Kier alpha value is -2.57. The lowest BCUT2D eigenvalue weighted by Gasteiger charge is -2.37. The molecular weight excluding hydrogens is 374 g/mol. The van der Waals surface area contributed by atoms with Gasteiger partial charge in [0, 0.05) is 64.3 Å². The maximum atomic E-state index is 4.92. The van der Waals surface area contributed by atoms with Gasteiger partial charge in [-0.3, -0.25) is 4.99 Å². The SMILES string of the molecule is CCNC(=NCCCc1nnc2n1CCCCC2)N1CCN(c2ccccc2)CC1. The van der Waals surface area contributed by atoms with E-state index in [1.54, 1.807) is 0 Å². The Morgan fingerprint density at radius 3 is 2.63 bits per heavy atom. The average molecular weight is 410 g/mol. The molecule has 0 spiro atoms. The van der Waals surface area contributed by atoms with Gasteiger partial charge in [-0.25, -0.2) is 0 Å². The van der Waals surface area contributed by atoms with Gasteiger partial charge in [-0.1, -0.05) is 24.6 Å². The van der Waals surface area contributed by atoms with Crippen molar-refractivity contribution in [2.75, 3.05) is 44.2 Å². The van der Waals surface area contributed by atoms with E-state index in [9.17, 15) is 0 Å². The van der Waals surface area contributed by atoms with Crippen molar-refractivity contribution in [3.63, 3.8) is 0 Å². The molecule has 1 aromatic heterocycles. The Kier molecular flexibility index (Phi) is 7.21. The van der Waals surface area contributed by atoms with Gasteiger partial charge >= 0.3 is 0 Å². The van der Waals surface area contributed by atoms with Crippen molar-refractivity contribution in [3.05, 3.63) is 42.0 Å². The molecule has 1 N–H and O–H groups in total. The third kappa shape index (κ3) is 5.12. The van der Waals surface area contributed by atoms with Crippen LogP contribution < -0.4 is 10.2 Å². The Morgan fingerprint density at radius 2 is 1.83 bits per heavy atom. The van der Waals surface area contributed by atoms with Crippen LogP contribution in [0.25, 0.3) is 0 Å². The summed E-state index contributed by atoms with van der Waals surface area (Å²) in [6.45, 7) is 8.99. The average Bonchev–Trinajstić information content (AvgIpc) is 3.02. The van der Waals surface area contributed by atoms with Gasteiger partial charge in [0.2, 0.25) is 0 Å². The Labute approximate surface area is 180 Å². The van der Waals surface area contributed by atoms with Crippen LogP contribution in [0.3, 0.4) is 0 Å². The van der Waals surface area contributed by atoms with Gasteiger partial charge in [0.25, 0.3) is 0 Å². The number of aromatic nitrogens is 3. The number of fused-ring (bicyclic) bond motifs is 1. The summed E-state index contributed by atoms with van der Waals surface area (Å²) in [5, 5.41) is 12.4. The zero-order valence-corrected chi connectivity index (χ0v) is 18.3. The molecule has 2 aliphatic heterocycles. The van der Waals surface area contributed by atoms with E-state index in [-0.39, 0.29) is 0 Å². The summed E-state index contributed by atoms with van der Waals surface area (Å²) in [5.41, 5.74) is 1.31. The molecule has 4 rings (SSSR count). The van der Waals surface area contributed by atoms with Crippen molar-refractivity contribution in [2.45, 2.75) is 52.0 Å². The summed E-state index contributed by atoms with van der Waals surface area (Å²) in [6.07, 6.45) is 6.83. The van der Waals surface area contributed by atoms with Crippen molar-refractivity contribution in [1.82, 2.24) is 25.0 Å². The van der Waals surface area contributed by atoms with E-state index in [1.807, 2.05) is 0 Å². The predicted molar refractivity (Wildman–Crippen MR) is 122 cm³/mol. The molecule has 0 saturated carbocycles. The van der Waals surface area contributed by atoms with Crippen molar-refractivity contribution >= 4 is 11.6 Å². The number of para-hydroxylation sites is 1. The molecule has 30 heavy (non-hydrogen) atoms. The second-order valence-corrected chi connectivity index (χ2v) is 8.14.